The van der Waals surface area contributed by atoms with Crippen LogP contribution in [-0.4, -0.2) is 15.1 Å². The number of rotatable bonds is 3. The summed E-state index contributed by atoms with van der Waals surface area (Å²) in [6, 6.07) is 3.04. The van der Waals surface area contributed by atoms with Crippen LogP contribution in [0, 0.1) is 15.9 Å². The van der Waals surface area contributed by atoms with Crippen molar-refractivity contribution >= 4 is 44.8 Å². The highest BCUT2D eigenvalue weighted by molar-refractivity contribution is 9.10. The average Bonchev–Trinajstić information content (AvgIpc) is 2.37. The van der Waals surface area contributed by atoms with Crippen molar-refractivity contribution in [1.29, 1.82) is 0 Å². The topological polar surface area (TPSA) is 78.2 Å². The molecule has 6 nitrogen and oxygen atoms in total. The number of nitro benzene ring substituents is 1. The Kier molecular flexibility index (Phi) is 4.36. The summed E-state index contributed by atoms with van der Waals surface area (Å²) in [6.45, 7) is 0. The molecule has 1 heterocycles. The van der Waals surface area contributed by atoms with E-state index < -0.39 is 16.4 Å². The van der Waals surface area contributed by atoms with Gasteiger partial charge in [-0.3, -0.25) is 10.1 Å². The predicted molar refractivity (Wildman–Crippen MR) is 72.9 cm³/mol. The summed E-state index contributed by atoms with van der Waals surface area (Å²) in [6.07, 6.45) is 0. The lowest BCUT2D eigenvalue weighted by Gasteiger charge is -2.08. The molecular weight excluding hydrogens is 380 g/mol. The number of halogens is 4. The minimum Gasteiger partial charge on any atom is -0.447 e. The van der Waals surface area contributed by atoms with Gasteiger partial charge in [-0.2, -0.15) is 0 Å². The molecular formula is C10H3BrCl2FN3O3. The molecule has 0 saturated heterocycles. The lowest BCUT2D eigenvalue weighted by molar-refractivity contribution is -0.385. The van der Waals surface area contributed by atoms with Crippen molar-refractivity contribution in [3.05, 3.63) is 48.9 Å². The van der Waals surface area contributed by atoms with Gasteiger partial charge in [-0.25, -0.2) is 4.39 Å². The van der Waals surface area contributed by atoms with Gasteiger partial charge >= 0.3 is 5.69 Å². The van der Waals surface area contributed by atoms with Crippen LogP contribution in [0.1, 0.15) is 0 Å². The van der Waals surface area contributed by atoms with Gasteiger partial charge in [0, 0.05) is 18.2 Å². The SMILES string of the molecule is O=[N+]([O-])c1cc(Br)c(F)cc1Oc1cc(Cl)nnc1Cl. The van der Waals surface area contributed by atoms with Crippen LogP contribution in [0.4, 0.5) is 10.1 Å². The van der Waals surface area contributed by atoms with E-state index in [2.05, 4.69) is 26.1 Å². The van der Waals surface area contributed by atoms with E-state index in [1.54, 1.807) is 0 Å². The minimum absolute atomic E-state index is 0.0235. The van der Waals surface area contributed by atoms with Gasteiger partial charge in [0.25, 0.3) is 0 Å². The van der Waals surface area contributed by atoms with Crippen LogP contribution in [0.25, 0.3) is 0 Å². The van der Waals surface area contributed by atoms with E-state index in [1.807, 2.05) is 0 Å². The van der Waals surface area contributed by atoms with Crippen molar-refractivity contribution in [3.63, 3.8) is 0 Å². The maximum atomic E-state index is 13.5. The van der Waals surface area contributed by atoms with Crippen LogP contribution >= 0.6 is 39.1 Å². The molecule has 0 unspecified atom stereocenters. The van der Waals surface area contributed by atoms with E-state index in [1.165, 1.54) is 6.07 Å². The van der Waals surface area contributed by atoms with E-state index in [0.717, 1.165) is 12.1 Å². The van der Waals surface area contributed by atoms with Crippen molar-refractivity contribution in [2.24, 2.45) is 0 Å². The maximum absolute atomic E-state index is 13.5. The third kappa shape index (κ3) is 3.14. The van der Waals surface area contributed by atoms with E-state index >= 15 is 0 Å². The van der Waals surface area contributed by atoms with E-state index in [-0.39, 0.29) is 26.3 Å². The molecule has 0 N–H and O–H groups in total. The fourth-order valence-corrected chi connectivity index (χ4v) is 1.87. The lowest BCUT2D eigenvalue weighted by atomic mass is 10.3. The molecule has 0 spiro atoms. The van der Waals surface area contributed by atoms with Crippen LogP contribution in [-0.2, 0) is 0 Å². The molecule has 1 aromatic carbocycles. The maximum Gasteiger partial charge on any atom is 0.312 e. The smallest absolute Gasteiger partial charge is 0.312 e. The molecule has 0 radical (unpaired) electrons. The zero-order valence-corrected chi connectivity index (χ0v) is 12.4. The normalized spacial score (nSPS) is 10.4. The van der Waals surface area contributed by atoms with Crippen molar-refractivity contribution in [2.45, 2.75) is 0 Å². The van der Waals surface area contributed by atoms with E-state index in [4.69, 9.17) is 27.9 Å². The third-order valence-electron chi connectivity index (χ3n) is 2.11. The standard InChI is InChI=1S/C10H3BrCl2FN3O3/c11-4-1-6(17(18)19)7(2-5(4)14)20-8-3-9(12)15-16-10(8)13/h1-3H. The highest BCUT2D eigenvalue weighted by atomic mass is 79.9. The predicted octanol–water partition coefficient (Wildman–Crippen LogP) is 4.39. The van der Waals surface area contributed by atoms with E-state index in [0.29, 0.717) is 0 Å². The first-order chi connectivity index (χ1) is 9.38. The van der Waals surface area contributed by atoms with Gasteiger partial charge < -0.3 is 4.74 Å². The molecule has 0 amide bonds. The van der Waals surface area contributed by atoms with Gasteiger partial charge in [0.15, 0.2) is 16.1 Å². The van der Waals surface area contributed by atoms with Gasteiger partial charge in [0.1, 0.15) is 5.82 Å². The first-order valence-corrected chi connectivity index (χ1v) is 6.43. The Bertz CT molecular complexity index is 702. The summed E-state index contributed by atoms with van der Waals surface area (Å²) >= 11 is 14.2. The first-order valence-electron chi connectivity index (χ1n) is 4.88. The van der Waals surface area contributed by atoms with Crippen LogP contribution < -0.4 is 4.74 Å². The molecule has 0 saturated carbocycles. The molecule has 1 aromatic heterocycles. The fraction of sp³-hybridized carbons (Fsp3) is 0. The Hall–Kier alpha value is -1.51. The molecule has 0 aliphatic heterocycles. The Balaban J connectivity index is 2.50. The van der Waals surface area contributed by atoms with Crippen molar-refractivity contribution < 1.29 is 14.1 Å². The average molecular weight is 383 g/mol. The molecule has 2 rings (SSSR count). The van der Waals surface area contributed by atoms with Gasteiger partial charge in [0.2, 0.25) is 5.75 Å². The summed E-state index contributed by atoms with van der Waals surface area (Å²) in [5, 5.41) is 17.7. The molecule has 2 aromatic rings. The molecule has 20 heavy (non-hydrogen) atoms. The Morgan fingerprint density at radius 3 is 2.60 bits per heavy atom. The number of ether oxygens (including phenoxy) is 1. The summed E-state index contributed by atoms with van der Waals surface area (Å²) < 4.78 is 18.6. The third-order valence-corrected chi connectivity index (χ3v) is 3.16. The van der Waals surface area contributed by atoms with Gasteiger partial charge in [-0.15, -0.1) is 10.2 Å². The number of hydrogen-bond acceptors (Lipinski definition) is 5. The second kappa shape index (κ2) is 5.86. The fourth-order valence-electron chi connectivity index (χ4n) is 1.27. The van der Waals surface area contributed by atoms with Crippen molar-refractivity contribution in [2.75, 3.05) is 0 Å². The number of nitrogens with zero attached hydrogens (tertiary/aromatic N) is 3. The molecule has 0 aliphatic rings. The highest BCUT2D eigenvalue weighted by Crippen LogP contribution is 2.37. The molecule has 0 atom stereocenters. The second-order valence-electron chi connectivity index (χ2n) is 3.42. The van der Waals surface area contributed by atoms with Crippen molar-refractivity contribution in [3.8, 4) is 11.5 Å². The van der Waals surface area contributed by atoms with Crippen molar-refractivity contribution in [1.82, 2.24) is 10.2 Å². The quantitative estimate of drug-likeness (QED) is 0.581. The Morgan fingerprint density at radius 2 is 1.95 bits per heavy atom. The van der Waals surface area contributed by atoms with E-state index in [9.17, 15) is 14.5 Å². The highest BCUT2D eigenvalue weighted by Gasteiger charge is 2.21. The largest absolute Gasteiger partial charge is 0.447 e. The van der Waals surface area contributed by atoms with Crippen LogP contribution in [0.3, 0.4) is 0 Å². The Morgan fingerprint density at radius 1 is 1.25 bits per heavy atom. The van der Waals surface area contributed by atoms with Gasteiger partial charge in [0.05, 0.1) is 9.40 Å². The molecule has 0 aliphatic carbocycles. The summed E-state index contributed by atoms with van der Waals surface area (Å²) in [5.74, 6) is -1.13. The summed E-state index contributed by atoms with van der Waals surface area (Å²) in [5.41, 5.74) is -0.442. The number of hydrogen-bond donors (Lipinski definition) is 0. The van der Waals surface area contributed by atoms with Gasteiger partial charge in [-0.1, -0.05) is 23.2 Å². The van der Waals surface area contributed by atoms with Gasteiger partial charge in [-0.05, 0) is 15.9 Å². The lowest BCUT2D eigenvalue weighted by Crippen LogP contribution is -1.97. The number of aromatic nitrogens is 2. The van der Waals surface area contributed by atoms with Crippen LogP contribution in [0.5, 0.6) is 11.5 Å². The zero-order chi connectivity index (χ0) is 14.9. The molecule has 104 valence electrons. The minimum atomic E-state index is -0.727. The summed E-state index contributed by atoms with van der Waals surface area (Å²) in [4.78, 5) is 10.2. The van der Waals surface area contributed by atoms with Crippen LogP contribution in [0.2, 0.25) is 10.3 Å². The zero-order valence-electron chi connectivity index (χ0n) is 9.31. The summed E-state index contributed by atoms with van der Waals surface area (Å²) in [7, 11) is 0. The Labute approximate surface area is 129 Å². The molecule has 10 heteroatoms. The van der Waals surface area contributed by atoms with Crippen LogP contribution in [0.15, 0.2) is 22.7 Å². The second-order valence-corrected chi connectivity index (χ2v) is 5.01. The number of nitro groups is 1. The molecule has 0 fully saturated rings. The number of benzene rings is 1. The molecule has 0 bridgehead atoms. The monoisotopic (exact) mass is 381 g/mol. The first kappa shape index (κ1) is 14.9.